The van der Waals surface area contributed by atoms with Crippen LogP contribution in [0.3, 0.4) is 0 Å². The lowest BCUT2D eigenvalue weighted by molar-refractivity contribution is -0.383. The SMILES string of the molecule is CCCC1CCN(C(=O)c2cccc([N+](=O)[O-])c2N)C1. The maximum Gasteiger partial charge on any atom is 0.292 e. The summed E-state index contributed by atoms with van der Waals surface area (Å²) in [4.78, 5) is 24.5. The van der Waals surface area contributed by atoms with Gasteiger partial charge in [0, 0.05) is 19.2 Å². The first kappa shape index (κ1) is 14.3. The molecule has 6 heteroatoms. The number of hydrogen-bond donors (Lipinski definition) is 1. The zero-order valence-corrected chi connectivity index (χ0v) is 11.5. The van der Waals surface area contributed by atoms with Gasteiger partial charge in [0.15, 0.2) is 0 Å². The van der Waals surface area contributed by atoms with Gasteiger partial charge in [-0.3, -0.25) is 14.9 Å². The van der Waals surface area contributed by atoms with Crippen LogP contribution in [0.15, 0.2) is 18.2 Å². The Morgan fingerprint density at radius 2 is 2.30 bits per heavy atom. The number of para-hydroxylation sites is 1. The molecule has 1 unspecified atom stereocenters. The van der Waals surface area contributed by atoms with Crippen LogP contribution in [-0.4, -0.2) is 28.8 Å². The van der Waals surface area contributed by atoms with Gasteiger partial charge in [0.05, 0.1) is 10.5 Å². The molecule has 0 bridgehead atoms. The average molecular weight is 277 g/mol. The number of carbonyl (C=O) groups is 1. The van der Waals surface area contributed by atoms with Gasteiger partial charge in [0.1, 0.15) is 5.69 Å². The lowest BCUT2D eigenvalue weighted by Crippen LogP contribution is -2.29. The minimum Gasteiger partial charge on any atom is -0.393 e. The number of likely N-dealkylation sites (tertiary alicyclic amines) is 1. The van der Waals surface area contributed by atoms with Gasteiger partial charge in [-0.2, -0.15) is 0 Å². The average Bonchev–Trinajstić information content (AvgIpc) is 2.87. The van der Waals surface area contributed by atoms with E-state index in [1.54, 1.807) is 11.0 Å². The van der Waals surface area contributed by atoms with Crippen molar-refractivity contribution in [1.29, 1.82) is 0 Å². The minimum atomic E-state index is -0.560. The number of nitro groups is 1. The van der Waals surface area contributed by atoms with Gasteiger partial charge < -0.3 is 10.6 Å². The third-order valence-electron chi connectivity index (χ3n) is 3.78. The summed E-state index contributed by atoms with van der Waals surface area (Å²) >= 11 is 0. The molecule has 1 aliphatic heterocycles. The quantitative estimate of drug-likeness (QED) is 0.520. The van der Waals surface area contributed by atoms with E-state index in [0.717, 1.165) is 25.8 Å². The largest absolute Gasteiger partial charge is 0.393 e. The van der Waals surface area contributed by atoms with E-state index in [-0.39, 0.29) is 22.8 Å². The maximum atomic E-state index is 12.4. The summed E-state index contributed by atoms with van der Waals surface area (Å²) in [6, 6.07) is 4.37. The van der Waals surface area contributed by atoms with Crippen molar-refractivity contribution < 1.29 is 9.72 Å². The summed E-state index contributed by atoms with van der Waals surface area (Å²) in [5.41, 5.74) is 5.74. The van der Waals surface area contributed by atoms with E-state index >= 15 is 0 Å². The first-order valence-electron chi connectivity index (χ1n) is 6.86. The van der Waals surface area contributed by atoms with Crippen molar-refractivity contribution in [3.8, 4) is 0 Å². The summed E-state index contributed by atoms with van der Waals surface area (Å²) < 4.78 is 0. The third kappa shape index (κ3) is 2.74. The number of nitrogens with two attached hydrogens (primary N) is 1. The molecule has 1 atom stereocenters. The van der Waals surface area contributed by atoms with Gasteiger partial charge in [-0.1, -0.05) is 19.4 Å². The second-order valence-corrected chi connectivity index (χ2v) is 5.19. The molecule has 0 spiro atoms. The molecule has 0 aromatic heterocycles. The van der Waals surface area contributed by atoms with Gasteiger partial charge in [0.25, 0.3) is 11.6 Å². The van der Waals surface area contributed by atoms with Crippen LogP contribution in [0.5, 0.6) is 0 Å². The molecule has 6 nitrogen and oxygen atoms in total. The number of nitro benzene ring substituents is 1. The Labute approximate surface area is 117 Å². The van der Waals surface area contributed by atoms with Crippen molar-refractivity contribution in [2.75, 3.05) is 18.8 Å². The number of nitrogens with zero attached hydrogens (tertiary/aromatic N) is 2. The molecule has 1 fully saturated rings. The van der Waals surface area contributed by atoms with Gasteiger partial charge in [-0.25, -0.2) is 0 Å². The molecular formula is C14H19N3O3. The van der Waals surface area contributed by atoms with Gasteiger partial charge in [-0.15, -0.1) is 0 Å². The van der Waals surface area contributed by atoms with Crippen LogP contribution in [0.2, 0.25) is 0 Å². The predicted octanol–water partition coefficient (Wildman–Crippen LogP) is 2.44. The molecule has 0 aliphatic carbocycles. The van der Waals surface area contributed by atoms with Gasteiger partial charge >= 0.3 is 0 Å². The standard InChI is InChI=1S/C14H19N3O3/c1-2-4-10-7-8-16(9-10)14(18)11-5-3-6-12(13(11)15)17(19)20/h3,5-6,10H,2,4,7-9,15H2,1H3. The van der Waals surface area contributed by atoms with Gasteiger partial charge in [-0.05, 0) is 24.8 Å². The number of rotatable bonds is 4. The number of amides is 1. The van der Waals surface area contributed by atoms with E-state index < -0.39 is 4.92 Å². The summed E-state index contributed by atoms with van der Waals surface area (Å²) in [6.45, 7) is 3.55. The number of benzene rings is 1. The first-order valence-corrected chi connectivity index (χ1v) is 6.86. The van der Waals surface area contributed by atoms with E-state index in [0.29, 0.717) is 12.5 Å². The Bertz CT molecular complexity index is 530. The van der Waals surface area contributed by atoms with Crippen LogP contribution < -0.4 is 5.73 Å². The van der Waals surface area contributed by atoms with Crippen LogP contribution in [0, 0.1) is 16.0 Å². The summed E-state index contributed by atoms with van der Waals surface area (Å²) in [7, 11) is 0. The van der Waals surface area contributed by atoms with Crippen LogP contribution in [0.1, 0.15) is 36.5 Å². The summed E-state index contributed by atoms with van der Waals surface area (Å²) in [6.07, 6.45) is 3.20. The fraction of sp³-hybridized carbons (Fsp3) is 0.500. The Morgan fingerprint density at radius 3 is 2.95 bits per heavy atom. The molecule has 2 N–H and O–H groups in total. The Kier molecular flexibility index (Phi) is 4.22. The highest BCUT2D eigenvalue weighted by Crippen LogP contribution is 2.28. The second-order valence-electron chi connectivity index (χ2n) is 5.19. The number of nitrogen functional groups attached to an aromatic ring is 1. The van der Waals surface area contributed by atoms with E-state index in [9.17, 15) is 14.9 Å². The smallest absolute Gasteiger partial charge is 0.292 e. The number of hydrogen-bond acceptors (Lipinski definition) is 4. The van der Waals surface area contributed by atoms with E-state index in [4.69, 9.17) is 5.73 Å². The molecule has 1 amide bonds. The van der Waals surface area contributed by atoms with Crippen molar-refractivity contribution in [3.63, 3.8) is 0 Å². The van der Waals surface area contributed by atoms with Crippen molar-refractivity contribution >= 4 is 17.3 Å². The normalized spacial score (nSPS) is 18.2. The topological polar surface area (TPSA) is 89.5 Å². The number of carbonyl (C=O) groups excluding carboxylic acids is 1. The lowest BCUT2D eigenvalue weighted by atomic mass is 10.0. The van der Waals surface area contributed by atoms with Crippen molar-refractivity contribution in [2.45, 2.75) is 26.2 Å². The van der Waals surface area contributed by atoms with E-state index in [1.165, 1.54) is 12.1 Å². The molecule has 1 aliphatic rings. The Hall–Kier alpha value is -2.11. The fourth-order valence-electron chi connectivity index (χ4n) is 2.73. The van der Waals surface area contributed by atoms with Crippen LogP contribution in [-0.2, 0) is 0 Å². The van der Waals surface area contributed by atoms with Crippen molar-refractivity contribution in [2.24, 2.45) is 5.92 Å². The molecule has 1 aromatic carbocycles. The first-order chi connectivity index (χ1) is 9.54. The molecule has 20 heavy (non-hydrogen) atoms. The van der Waals surface area contributed by atoms with Crippen LogP contribution >= 0.6 is 0 Å². The van der Waals surface area contributed by atoms with Crippen molar-refractivity contribution in [3.05, 3.63) is 33.9 Å². The zero-order valence-electron chi connectivity index (χ0n) is 11.5. The van der Waals surface area contributed by atoms with Crippen molar-refractivity contribution in [1.82, 2.24) is 4.90 Å². The Balaban J connectivity index is 2.18. The molecule has 1 aromatic rings. The summed E-state index contributed by atoms with van der Waals surface area (Å²) in [5, 5.41) is 10.9. The van der Waals surface area contributed by atoms with E-state index in [2.05, 4.69) is 6.92 Å². The molecule has 0 saturated carbocycles. The number of anilines is 1. The third-order valence-corrected chi connectivity index (χ3v) is 3.78. The highest BCUT2D eigenvalue weighted by Gasteiger charge is 2.29. The molecule has 1 heterocycles. The molecular weight excluding hydrogens is 258 g/mol. The molecule has 2 rings (SSSR count). The molecule has 1 saturated heterocycles. The highest BCUT2D eigenvalue weighted by molar-refractivity contribution is 6.01. The molecule has 0 radical (unpaired) electrons. The summed E-state index contributed by atoms with van der Waals surface area (Å²) in [5.74, 6) is 0.327. The Morgan fingerprint density at radius 1 is 1.55 bits per heavy atom. The zero-order chi connectivity index (χ0) is 14.7. The lowest BCUT2D eigenvalue weighted by Gasteiger charge is -2.17. The minimum absolute atomic E-state index is 0.0403. The van der Waals surface area contributed by atoms with Crippen LogP contribution in [0.25, 0.3) is 0 Å². The van der Waals surface area contributed by atoms with Crippen LogP contribution in [0.4, 0.5) is 11.4 Å². The predicted molar refractivity (Wildman–Crippen MR) is 76.4 cm³/mol. The van der Waals surface area contributed by atoms with Gasteiger partial charge in [0.2, 0.25) is 0 Å². The fourth-order valence-corrected chi connectivity index (χ4v) is 2.73. The molecule has 108 valence electrons. The second kappa shape index (κ2) is 5.90. The maximum absolute atomic E-state index is 12.4. The van der Waals surface area contributed by atoms with E-state index in [1.807, 2.05) is 0 Å². The highest BCUT2D eigenvalue weighted by atomic mass is 16.6. The monoisotopic (exact) mass is 277 g/mol.